The number of carbonyl (C=O) groups is 2. The zero-order valence-corrected chi connectivity index (χ0v) is 13.5. The molecule has 0 radical (unpaired) electrons. The van der Waals surface area contributed by atoms with Gasteiger partial charge < -0.3 is 10.2 Å². The Morgan fingerprint density at radius 2 is 1.00 bits per heavy atom. The van der Waals surface area contributed by atoms with E-state index in [-0.39, 0.29) is 41.6 Å². The molecule has 2 aromatic carbocycles. The monoisotopic (exact) mass is 418 g/mol. The summed E-state index contributed by atoms with van der Waals surface area (Å²) in [6.07, 6.45) is 0. The van der Waals surface area contributed by atoms with Crippen LogP contribution in [0.3, 0.4) is 0 Å². The van der Waals surface area contributed by atoms with Crippen LogP contribution in [0.2, 0.25) is 10.0 Å². The van der Waals surface area contributed by atoms with Gasteiger partial charge in [0.25, 0.3) is 0 Å². The molecule has 4 nitrogen and oxygen atoms in total. The van der Waals surface area contributed by atoms with E-state index in [1.54, 1.807) is 36.4 Å². The zero-order valence-electron chi connectivity index (χ0n) is 10.4. The van der Waals surface area contributed by atoms with Crippen molar-refractivity contribution in [2.45, 2.75) is 0 Å². The number of carboxylic acid groups (broad SMARTS) is 2. The van der Waals surface area contributed by atoms with Gasteiger partial charge >= 0.3 is 11.9 Å². The van der Waals surface area contributed by atoms with Crippen LogP contribution >= 0.6 is 23.2 Å². The first-order valence-corrected chi connectivity index (χ1v) is 6.14. The molecule has 2 N–H and O–H groups in total. The van der Waals surface area contributed by atoms with Gasteiger partial charge in [0.05, 0.1) is 21.2 Å². The molecule has 0 unspecified atom stereocenters. The molecule has 0 saturated carbocycles. The Bertz CT molecular complexity index is 576. The Morgan fingerprint density at radius 3 is 1.19 bits per heavy atom. The number of rotatable bonds is 2. The van der Waals surface area contributed by atoms with Crippen LogP contribution in [0, 0.1) is 0 Å². The molecule has 0 amide bonds. The van der Waals surface area contributed by atoms with Crippen molar-refractivity contribution in [2.24, 2.45) is 0 Å². The van der Waals surface area contributed by atoms with Gasteiger partial charge in [-0.05, 0) is 24.3 Å². The van der Waals surface area contributed by atoms with E-state index in [1.165, 1.54) is 12.1 Å². The molecule has 7 heteroatoms. The third-order valence-electron chi connectivity index (χ3n) is 2.21. The molecule has 0 atom stereocenters. The third kappa shape index (κ3) is 6.28. The average Bonchev–Trinajstić information content (AvgIpc) is 2.40. The van der Waals surface area contributed by atoms with E-state index >= 15 is 0 Å². The molecular formula is C14H10Cl2O4Pd. The molecule has 0 fully saturated rings. The standard InChI is InChI=1S/2C7H5ClO2.Pd/c2*8-6-4-2-1-3-5(6)7(9)10;/h2*1-4H,(H,9,10);. The van der Waals surface area contributed by atoms with Gasteiger partial charge in [0.1, 0.15) is 0 Å². The van der Waals surface area contributed by atoms with Gasteiger partial charge in [-0.2, -0.15) is 0 Å². The SMILES string of the molecule is O=C(O)c1ccccc1Cl.O=C(O)c1ccccc1Cl.[Pd]. The second-order valence-electron chi connectivity index (χ2n) is 3.57. The summed E-state index contributed by atoms with van der Waals surface area (Å²) in [5, 5.41) is 17.5. The fourth-order valence-corrected chi connectivity index (χ4v) is 1.70. The summed E-state index contributed by atoms with van der Waals surface area (Å²) in [6, 6.07) is 12.7. The van der Waals surface area contributed by atoms with Crippen LogP contribution in [0.25, 0.3) is 0 Å². The molecule has 0 heterocycles. The number of hydrogen-bond donors (Lipinski definition) is 2. The van der Waals surface area contributed by atoms with E-state index in [1.807, 2.05) is 0 Å². The summed E-state index contributed by atoms with van der Waals surface area (Å²) in [4.78, 5) is 20.7. The topological polar surface area (TPSA) is 74.6 Å². The van der Waals surface area contributed by atoms with Gasteiger partial charge in [0.15, 0.2) is 0 Å². The number of halogens is 2. The number of aromatic carboxylic acids is 2. The van der Waals surface area contributed by atoms with E-state index < -0.39 is 11.9 Å². The molecule has 2 aromatic rings. The molecule has 2 rings (SSSR count). The van der Waals surface area contributed by atoms with Crippen LogP contribution < -0.4 is 0 Å². The number of hydrogen-bond acceptors (Lipinski definition) is 2. The fourth-order valence-electron chi connectivity index (χ4n) is 1.27. The van der Waals surface area contributed by atoms with Crippen LogP contribution in [0.4, 0.5) is 0 Å². The minimum Gasteiger partial charge on any atom is -0.478 e. The van der Waals surface area contributed by atoms with E-state index in [4.69, 9.17) is 33.4 Å². The molecule has 0 saturated heterocycles. The van der Waals surface area contributed by atoms with Gasteiger partial charge in [-0.3, -0.25) is 0 Å². The molecule has 114 valence electrons. The van der Waals surface area contributed by atoms with E-state index in [9.17, 15) is 9.59 Å². The van der Waals surface area contributed by atoms with E-state index in [0.29, 0.717) is 0 Å². The fraction of sp³-hybridized carbons (Fsp3) is 0. The summed E-state index contributed by atoms with van der Waals surface area (Å²) in [6.45, 7) is 0. The van der Waals surface area contributed by atoms with Crippen LogP contribution in [-0.4, -0.2) is 22.2 Å². The van der Waals surface area contributed by atoms with Crippen molar-refractivity contribution in [1.82, 2.24) is 0 Å². The Balaban J connectivity index is 0.000000364. The normalized spacial score (nSPS) is 8.86. The molecule has 0 aliphatic rings. The van der Waals surface area contributed by atoms with Gasteiger partial charge in [-0.1, -0.05) is 47.5 Å². The summed E-state index contributed by atoms with van der Waals surface area (Å²) in [5.41, 5.74) is 0.285. The van der Waals surface area contributed by atoms with Gasteiger partial charge in [-0.25, -0.2) is 9.59 Å². The first kappa shape index (κ1) is 19.6. The molecule has 0 aromatic heterocycles. The van der Waals surface area contributed by atoms with Crippen molar-refractivity contribution in [3.05, 3.63) is 69.7 Å². The first-order chi connectivity index (χ1) is 9.43. The second-order valence-corrected chi connectivity index (χ2v) is 4.38. The zero-order chi connectivity index (χ0) is 15.1. The Morgan fingerprint density at radius 1 is 0.714 bits per heavy atom. The summed E-state index contributed by atoms with van der Waals surface area (Å²) < 4.78 is 0. The minimum absolute atomic E-state index is 0. The maximum atomic E-state index is 10.3. The molecule has 0 bridgehead atoms. The Hall–Kier alpha value is -1.38. The van der Waals surface area contributed by atoms with Crippen molar-refractivity contribution >= 4 is 35.1 Å². The Kier molecular flexibility index (Phi) is 8.91. The van der Waals surface area contributed by atoms with E-state index in [0.717, 1.165) is 0 Å². The maximum absolute atomic E-state index is 10.3. The number of carboxylic acids is 2. The molecule has 21 heavy (non-hydrogen) atoms. The first-order valence-electron chi connectivity index (χ1n) is 5.39. The molecule has 0 aliphatic carbocycles. The quantitative estimate of drug-likeness (QED) is 0.720. The molecule has 0 aliphatic heterocycles. The predicted octanol–water partition coefficient (Wildman–Crippen LogP) is 4.07. The van der Waals surface area contributed by atoms with Crippen molar-refractivity contribution in [3.63, 3.8) is 0 Å². The van der Waals surface area contributed by atoms with Crippen LogP contribution in [-0.2, 0) is 20.4 Å². The summed E-state index contributed by atoms with van der Waals surface area (Å²) in [7, 11) is 0. The Labute approximate surface area is 145 Å². The second kappa shape index (κ2) is 9.54. The van der Waals surface area contributed by atoms with Crippen LogP contribution in [0.15, 0.2) is 48.5 Å². The van der Waals surface area contributed by atoms with Crippen LogP contribution in [0.5, 0.6) is 0 Å². The van der Waals surface area contributed by atoms with Gasteiger partial charge in [0.2, 0.25) is 0 Å². The number of benzene rings is 2. The van der Waals surface area contributed by atoms with Crippen molar-refractivity contribution in [2.75, 3.05) is 0 Å². The molecule has 0 spiro atoms. The minimum atomic E-state index is -0.995. The molecular weight excluding hydrogens is 409 g/mol. The predicted molar refractivity (Wildman–Crippen MR) is 76.8 cm³/mol. The summed E-state index contributed by atoms with van der Waals surface area (Å²) in [5.74, 6) is -1.99. The van der Waals surface area contributed by atoms with Gasteiger partial charge in [-0.15, -0.1) is 0 Å². The van der Waals surface area contributed by atoms with E-state index in [2.05, 4.69) is 0 Å². The van der Waals surface area contributed by atoms with Gasteiger partial charge in [0, 0.05) is 20.4 Å². The summed E-state index contributed by atoms with van der Waals surface area (Å²) >= 11 is 11.1. The largest absolute Gasteiger partial charge is 0.478 e. The average molecular weight is 420 g/mol. The van der Waals surface area contributed by atoms with Crippen molar-refractivity contribution in [3.8, 4) is 0 Å². The smallest absolute Gasteiger partial charge is 0.337 e. The maximum Gasteiger partial charge on any atom is 0.337 e. The van der Waals surface area contributed by atoms with Crippen LogP contribution in [0.1, 0.15) is 20.7 Å². The van der Waals surface area contributed by atoms with Crippen molar-refractivity contribution in [1.29, 1.82) is 0 Å². The third-order valence-corrected chi connectivity index (χ3v) is 2.87. The van der Waals surface area contributed by atoms with Crippen molar-refractivity contribution < 1.29 is 40.2 Å².